The molecule has 130 valence electrons. The van der Waals surface area contributed by atoms with Gasteiger partial charge in [0.25, 0.3) is 0 Å². The molecule has 0 saturated carbocycles. The van der Waals surface area contributed by atoms with Crippen LogP contribution in [0, 0.1) is 0 Å². The highest BCUT2D eigenvalue weighted by Crippen LogP contribution is 2.39. The molecule has 2 aromatic rings. The predicted octanol–water partition coefficient (Wildman–Crippen LogP) is 3.51. The van der Waals surface area contributed by atoms with E-state index in [9.17, 15) is 18.0 Å². The van der Waals surface area contributed by atoms with Crippen molar-refractivity contribution in [1.82, 2.24) is 9.97 Å². The Bertz CT molecular complexity index is 854. The second-order valence-electron chi connectivity index (χ2n) is 5.35. The van der Waals surface area contributed by atoms with Gasteiger partial charge in [0.05, 0.1) is 5.57 Å². The number of hydrogen-bond acceptors (Lipinski definition) is 4. The lowest BCUT2D eigenvalue weighted by atomic mass is 9.98. The third kappa shape index (κ3) is 3.58. The molecule has 0 radical (unpaired) electrons. The topological polar surface area (TPSA) is 72.3 Å². The number of alkyl halides is 3. The van der Waals surface area contributed by atoms with Crippen molar-refractivity contribution in [2.75, 3.05) is 0 Å². The number of carbonyl (C=O) groups is 1. The van der Waals surface area contributed by atoms with Gasteiger partial charge in [-0.05, 0) is 29.3 Å². The lowest BCUT2D eigenvalue weighted by molar-refractivity contribution is -0.187. The van der Waals surface area contributed by atoms with Gasteiger partial charge in [-0.3, -0.25) is 0 Å². The smallest absolute Gasteiger partial charge is 0.430 e. The van der Waals surface area contributed by atoms with Crippen LogP contribution in [0.25, 0.3) is 6.08 Å². The van der Waals surface area contributed by atoms with E-state index in [2.05, 4.69) is 9.97 Å². The number of nitrogens with zero attached hydrogens (tertiary/aromatic N) is 2. The molecule has 0 amide bonds. The molecule has 0 bridgehead atoms. The molecular weight excluding hydrogens is 361 g/mol. The number of carboxylic acids is 1. The van der Waals surface area contributed by atoms with Gasteiger partial charge in [0, 0.05) is 29.4 Å². The number of fused-ring (bicyclic) bond motifs is 1. The number of halogens is 4. The molecule has 1 unspecified atom stereocenters. The summed E-state index contributed by atoms with van der Waals surface area (Å²) in [6.07, 6.45) is -1.69. The number of aliphatic carboxylic acids is 1. The van der Waals surface area contributed by atoms with Gasteiger partial charge in [0.15, 0.2) is 0 Å². The minimum absolute atomic E-state index is 0.0800. The lowest BCUT2D eigenvalue weighted by Gasteiger charge is -2.27. The molecule has 1 atom stereocenters. The maximum atomic E-state index is 13.1. The first-order chi connectivity index (χ1) is 11.8. The third-order valence-corrected chi connectivity index (χ3v) is 3.92. The molecule has 1 aromatic carbocycles. The van der Waals surface area contributed by atoms with E-state index >= 15 is 0 Å². The summed E-state index contributed by atoms with van der Waals surface area (Å²) in [6, 6.07) is 2.75. The number of carboxylic acid groups (broad SMARTS) is 1. The summed E-state index contributed by atoms with van der Waals surface area (Å²) in [6.45, 7) is 0. The molecule has 2 heterocycles. The Labute approximate surface area is 144 Å². The van der Waals surface area contributed by atoms with E-state index in [1.807, 2.05) is 0 Å². The summed E-state index contributed by atoms with van der Waals surface area (Å²) >= 11 is 6.17. The van der Waals surface area contributed by atoms with Crippen molar-refractivity contribution in [3.8, 4) is 5.75 Å². The Morgan fingerprint density at radius 3 is 2.56 bits per heavy atom. The number of benzene rings is 1. The molecule has 0 fully saturated rings. The van der Waals surface area contributed by atoms with Crippen molar-refractivity contribution in [3.63, 3.8) is 0 Å². The standard InChI is InChI=1S/C16H10ClF3N2O3/c17-12-3-10-2-11(15(23)24)14(16(18,19)20)25-13(10)4-9(12)1-8-5-21-7-22-6-8/h2-7,14H,1H2,(H,23,24). The first-order valence-electron chi connectivity index (χ1n) is 7.00. The van der Waals surface area contributed by atoms with Gasteiger partial charge in [-0.15, -0.1) is 0 Å². The fraction of sp³-hybridized carbons (Fsp3) is 0.188. The predicted molar refractivity (Wildman–Crippen MR) is 82.4 cm³/mol. The second-order valence-corrected chi connectivity index (χ2v) is 5.76. The zero-order chi connectivity index (χ0) is 18.2. The summed E-state index contributed by atoms with van der Waals surface area (Å²) in [7, 11) is 0. The minimum atomic E-state index is -4.85. The average molecular weight is 371 g/mol. The van der Waals surface area contributed by atoms with Gasteiger partial charge in [0.2, 0.25) is 6.10 Å². The average Bonchev–Trinajstić information content (AvgIpc) is 2.54. The van der Waals surface area contributed by atoms with Crippen LogP contribution in [0.3, 0.4) is 0 Å². The van der Waals surface area contributed by atoms with Crippen molar-refractivity contribution in [2.24, 2.45) is 0 Å². The van der Waals surface area contributed by atoms with E-state index in [1.165, 1.54) is 18.5 Å². The van der Waals surface area contributed by atoms with Crippen LogP contribution < -0.4 is 4.74 Å². The monoisotopic (exact) mass is 370 g/mol. The van der Waals surface area contributed by atoms with Crippen LogP contribution in [-0.4, -0.2) is 33.3 Å². The van der Waals surface area contributed by atoms with Gasteiger partial charge in [0.1, 0.15) is 12.1 Å². The molecule has 0 aliphatic carbocycles. The normalized spacial score (nSPS) is 16.6. The van der Waals surface area contributed by atoms with Crippen LogP contribution in [0.4, 0.5) is 13.2 Å². The number of hydrogen-bond donors (Lipinski definition) is 1. The van der Waals surface area contributed by atoms with Gasteiger partial charge >= 0.3 is 12.1 Å². The third-order valence-electron chi connectivity index (χ3n) is 3.57. The molecule has 1 N–H and O–H groups in total. The van der Waals surface area contributed by atoms with E-state index in [0.29, 0.717) is 17.5 Å². The van der Waals surface area contributed by atoms with Gasteiger partial charge in [-0.1, -0.05) is 11.6 Å². The molecule has 1 aliphatic rings. The van der Waals surface area contributed by atoms with E-state index in [-0.39, 0.29) is 16.3 Å². The first kappa shape index (κ1) is 17.2. The van der Waals surface area contributed by atoms with E-state index in [4.69, 9.17) is 21.4 Å². The number of rotatable bonds is 3. The Kier molecular flexibility index (Phi) is 4.38. The maximum absolute atomic E-state index is 13.1. The zero-order valence-electron chi connectivity index (χ0n) is 12.4. The molecule has 1 aromatic heterocycles. The molecule has 1 aliphatic heterocycles. The molecule has 0 spiro atoms. The van der Waals surface area contributed by atoms with Crippen molar-refractivity contribution < 1.29 is 27.8 Å². The van der Waals surface area contributed by atoms with Crippen molar-refractivity contribution in [1.29, 1.82) is 0 Å². The minimum Gasteiger partial charge on any atom is -0.478 e. The molecule has 9 heteroatoms. The largest absolute Gasteiger partial charge is 0.478 e. The molecule has 25 heavy (non-hydrogen) atoms. The second kappa shape index (κ2) is 6.36. The maximum Gasteiger partial charge on any atom is 0.430 e. The van der Waals surface area contributed by atoms with Crippen LogP contribution in [0.1, 0.15) is 16.7 Å². The van der Waals surface area contributed by atoms with E-state index in [0.717, 1.165) is 6.08 Å². The van der Waals surface area contributed by atoms with Crippen molar-refractivity contribution >= 4 is 23.6 Å². The summed E-state index contributed by atoms with van der Waals surface area (Å²) in [5, 5.41) is 9.30. The summed E-state index contributed by atoms with van der Waals surface area (Å²) in [5.74, 6) is -1.78. The molecular formula is C16H10ClF3N2O3. The van der Waals surface area contributed by atoms with Crippen LogP contribution in [0.2, 0.25) is 5.02 Å². The molecule has 0 saturated heterocycles. The van der Waals surface area contributed by atoms with Crippen molar-refractivity contribution in [2.45, 2.75) is 18.7 Å². The Balaban J connectivity index is 2.02. The van der Waals surface area contributed by atoms with E-state index in [1.54, 1.807) is 12.4 Å². The Morgan fingerprint density at radius 1 is 1.28 bits per heavy atom. The highest BCUT2D eigenvalue weighted by molar-refractivity contribution is 6.31. The first-order valence-corrected chi connectivity index (χ1v) is 7.38. The SMILES string of the molecule is O=C(O)C1=Cc2cc(Cl)c(Cc3cncnc3)cc2OC1C(F)(F)F. The fourth-order valence-electron chi connectivity index (χ4n) is 2.45. The van der Waals surface area contributed by atoms with Gasteiger partial charge < -0.3 is 9.84 Å². The van der Waals surface area contributed by atoms with Crippen molar-refractivity contribution in [3.05, 3.63) is 58.1 Å². The van der Waals surface area contributed by atoms with Crippen LogP contribution in [0.15, 0.2) is 36.4 Å². The summed E-state index contributed by atoms with van der Waals surface area (Å²) in [4.78, 5) is 18.8. The number of aromatic nitrogens is 2. The van der Waals surface area contributed by atoms with Crippen LogP contribution in [0.5, 0.6) is 5.75 Å². The van der Waals surface area contributed by atoms with Crippen LogP contribution in [-0.2, 0) is 11.2 Å². The van der Waals surface area contributed by atoms with Crippen LogP contribution >= 0.6 is 11.6 Å². The number of ether oxygens (including phenoxy) is 1. The fourth-order valence-corrected chi connectivity index (χ4v) is 2.69. The molecule has 3 rings (SSSR count). The van der Waals surface area contributed by atoms with E-state index < -0.39 is 23.8 Å². The summed E-state index contributed by atoms with van der Waals surface area (Å²) < 4.78 is 44.2. The Hall–Kier alpha value is -2.61. The highest BCUT2D eigenvalue weighted by atomic mass is 35.5. The van der Waals surface area contributed by atoms with Gasteiger partial charge in [-0.25, -0.2) is 14.8 Å². The quantitative estimate of drug-likeness (QED) is 0.895. The lowest BCUT2D eigenvalue weighted by Crippen LogP contribution is -2.40. The zero-order valence-corrected chi connectivity index (χ0v) is 13.2. The Morgan fingerprint density at radius 2 is 1.96 bits per heavy atom. The molecule has 5 nitrogen and oxygen atoms in total. The highest BCUT2D eigenvalue weighted by Gasteiger charge is 2.48. The van der Waals surface area contributed by atoms with Gasteiger partial charge in [-0.2, -0.15) is 13.2 Å². The summed E-state index contributed by atoms with van der Waals surface area (Å²) in [5.41, 5.74) is 0.522.